The van der Waals surface area contributed by atoms with E-state index < -0.39 is 17.3 Å². The number of nitrogens with one attached hydrogen (secondary N) is 1. The van der Waals surface area contributed by atoms with Gasteiger partial charge in [0.1, 0.15) is 0 Å². The number of nitrogens with zero attached hydrogens (tertiary/aromatic N) is 2. The molecule has 0 saturated heterocycles. The molecule has 2 aliphatic rings. The molecule has 0 spiro atoms. The van der Waals surface area contributed by atoms with Crippen LogP contribution in [0.4, 0.5) is 0 Å². The van der Waals surface area contributed by atoms with E-state index in [9.17, 15) is 14.7 Å². The number of fused-ring (bicyclic) bond motifs is 2. The van der Waals surface area contributed by atoms with Gasteiger partial charge in [-0.15, -0.1) is 0 Å². The molecular weight excluding hydrogens is 342 g/mol. The highest BCUT2D eigenvalue weighted by Crippen LogP contribution is 2.50. The summed E-state index contributed by atoms with van der Waals surface area (Å²) in [6, 6.07) is 1.28. The number of aromatic hydroxyl groups is 1. The Morgan fingerprint density at radius 2 is 2.04 bits per heavy atom. The van der Waals surface area contributed by atoms with Crippen molar-refractivity contribution in [3.05, 3.63) is 43.6 Å². The smallest absolute Gasteiger partial charge is 0.330 e. The van der Waals surface area contributed by atoms with E-state index in [1.165, 1.54) is 14.2 Å². The summed E-state index contributed by atoms with van der Waals surface area (Å²) in [4.78, 5) is 28.5. The summed E-state index contributed by atoms with van der Waals surface area (Å²) in [5.74, 6) is 1.18. The van der Waals surface area contributed by atoms with Crippen LogP contribution in [0.1, 0.15) is 22.7 Å². The van der Waals surface area contributed by atoms with Gasteiger partial charge in [-0.05, 0) is 25.1 Å². The maximum absolute atomic E-state index is 12.5. The van der Waals surface area contributed by atoms with Crippen molar-refractivity contribution in [3.63, 3.8) is 0 Å². The zero-order valence-electron chi connectivity index (χ0n) is 14.7. The van der Waals surface area contributed by atoms with Gasteiger partial charge in [0.2, 0.25) is 18.4 Å². The molecule has 1 aromatic heterocycles. The average Bonchev–Trinajstić information content (AvgIpc) is 3.08. The molecule has 2 aromatic rings. The third-order valence-electron chi connectivity index (χ3n) is 5.00. The second kappa shape index (κ2) is 5.80. The standard InChI is InChI=1S/C17H19N3O6/c1-19-5-4-8-6-9-13(26-7-25-9)14(24-3)10(8)12(19)11-15(21)18-17(23)20(2)16(11)22/h6,12,22H,4-5,7H2,1-3H3,(H,18,21,23)/t12-/m1/s1. The first-order chi connectivity index (χ1) is 12.4. The van der Waals surface area contributed by atoms with E-state index in [1.807, 2.05) is 18.0 Å². The number of methoxy groups -OCH3 is 1. The molecular formula is C17H19N3O6. The minimum atomic E-state index is -0.674. The monoisotopic (exact) mass is 361 g/mol. The number of aromatic nitrogens is 2. The summed E-state index contributed by atoms with van der Waals surface area (Å²) in [6.45, 7) is 0.753. The number of H-pyrrole nitrogens is 1. The fourth-order valence-electron chi connectivity index (χ4n) is 3.67. The van der Waals surface area contributed by atoms with Crippen molar-refractivity contribution in [2.24, 2.45) is 7.05 Å². The molecule has 0 amide bonds. The number of ether oxygens (including phenoxy) is 3. The van der Waals surface area contributed by atoms with Crippen LogP contribution in [-0.2, 0) is 13.5 Å². The molecule has 26 heavy (non-hydrogen) atoms. The normalized spacial score (nSPS) is 18.7. The highest BCUT2D eigenvalue weighted by molar-refractivity contribution is 5.63. The Bertz CT molecular complexity index is 1010. The summed E-state index contributed by atoms with van der Waals surface area (Å²) in [6.07, 6.45) is 0.722. The quantitative estimate of drug-likeness (QED) is 0.781. The van der Waals surface area contributed by atoms with Crippen LogP contribution in [0.25, 0.3) is 0 Å². The Labute approximate surface area is 148 Å². The third kappa shape index (κ3) is 2.20. The summed E-state index contributed by atoms with van der Waals surface area (Å²) >= 11 is 0. The largest absolute Gasteiger partial charge is 0.494 e. The number of likely N-dealkylation sites (N-methyl/N-ethyl adjacent to an activating group) is 1. The van der Waals surface area contributed by atoms with Gasteiger partial charge in [-0.25, -0.2) is 4.79 Å². The molecule has 0 aliphatic carbocycles. The first kappa shape index (κ1) is 16.5. The topological polar surface area (TPSA) is 106 Å². The molecule has 3 heterocycles. The Morgan fingerprint density at radius 3 is 2.77 bits per heavy atom. The van der Waals surface area contributed by atoms with E-state index in [0.29, 0.717) is 23.8 Å². The van der Waals surface area contributed by atoms with Crippen molar-refractivity contribution in [1.82, 2.24) is 14.5 Å². The molecule has 2 aliphatic heterocycles. The van der Waals surface area contributed by atoms with Crippen LogP contribution in [0.3, 0.4) is 0 Å². The SMILES string of the molecule is COc1c2c(cc3c1[C@H](c1c(O)n(C)c(=O)[nH]c1=O)N(C)CC3)OCO2. The number of hydrogen-bond acceptors (Lipinski definition) is 7. The molecule has 9 heteroatoms. The molecule has 0 fully saturated rings. The van der Waals surface area contributed by atoms with Crippen LogP contribution in [0.2, 0.25) is 0 Å². The van der Waals surface area contributed by atoms with Crippen LogP contribution < -0.4 is 25.5 Å². The van der Waals surface area contributed by atoms with Crippen LogP contribution in [0, 0.1) is 0 Å². The van der Waals surface area contributed by atoms with Crippen molar-refractivity contribution >= 4 is 0 Å². The second-order valence-corrected chi connectivity index (χ2v) is 6.41. The summed E-state index contributed by atoms with van der Waals surface area (Å²) in [5.41, 5.74) is 0.460. The van der Waals surface area contributed by atoms with Gasteiger partial charge in [0.15, 0.2) is 11.5 Å². The lowest BCUT2D eigenvalue weighted by Crippen LogP contribution is -2.39. The van der Waals surface area contributed by atoms with Crippen LogP contribution in [0.15, 0.2) is 15.7 Å². The van der Waals surface area contributed by atoms with Gasteiger partial charge in [0, 0.05) is 19.2 Å². The maximum Gasteiger partial charge on any atom is 0.330 e. The van der Waals surface area contributed by atoms with Gasteiger partial charge in [-0.1, -0.05) is 0 Å². The van der Waals surface area contributed by atoms with E-state index in [0.717, 1.165) is 22.1 Å². The van der Waals surface area contributed by atoms with Crippen molar-refractivity contribution in [2.75, 3.05) is 27.5 Å². The number of hydrogen-bond donors (Lipinski definition) is 2. The minimum Gasteiger partial charge on any atom is -0.494 e. The van der Waals surface area contributed by atoms with E-state index >= 15 is 0 Å². The highest BCUT2D eigenvalue weighted by atomic mass is 16.7. The number of rotatable bonds is 2. The zero-order valence-corrected chi connectivity index (χ0v) is 14.7. The van der Waals surface area contributed by atoms with Crippen LogP contribution in [0.5, 0.6) is 23.1 Å². The third-order valence-corrected chi connectivity index (χ3v) is 5.00. The number of benzene rings is 1. The molecule has 1 aromatic carbocycles. The molecule has 0 radical (unpaired) electrons. The lowest BCUT2D eigenvalue weighted by Gasteiger charge is -2.35. The predicted molar refractivity (Wildman–Crippen MR) is 91.3 cm³/mol. The van der Waals surface area contributed by atoms with Crippen molar-refractivity contribution in [3.8, 4) is 23.1 Å². The molecule has 138 valence electrons. The fourth-order valence-corrected chi connectivity index (χ4v) is 3.67. The fraction of sp³-hybridized carbons (Fsp3) is 0.412. The van der Waals surface area contributed by atoms with E-state index in [4.69, 9.17) is 14.2 Å². The second-order valence-electron chi connectivity index (χ2n) is 6.41. The van der Waals surface area contributed by atoms with Crippen LogP contribution >= 0.6 is 0 Å². The first-order valence-electron chi connectivity index (χ1n) is 8.15. The van der Waals surface area contributed by atoms with E-state index in [1.54, 1.807) is 0 Å². The molecule has 0 saturated carbocycles. The van der Waals surface area contributed by atoms with Crippen LogP contribution in [-0.4, -0.2) is 47.1 Å². The Kier molecular flexibility index (Phi) is 3.69. The highest BCUT2D eigenvalue weighted by Gasteiger charge is 2.37. The average molecular weight is 361 g/mol. The van der Waals surface area contributed by atoms with Crippen molar-refractivity contribution in [1.29, 1.82) is 0 Å². The van der Waals surface area contributed by atoms with Gasteiger partial charge in [0.25, 0.3) is 5.56 Å². The predicted octanol–water partition coefficient (Wildman–Crippen LogP) is 0.0938. The summed E-state index contributed by atoms with van der Waals surface area (Å²) in [5, 5.41) is 10.5. The van der Waals surface area contributed by atoms with Gasteiger partial charge in [-0.3, -0.25) is 19.2 Å². The van der Waals surface area contributed by atoms with Crippen molar-refractivity contribution < 1.29 is 19.3 Å². The summed E-state index contributed by atoms with van der Waals surface area (Å²) < 4.78 is 17.6. The Balaban J connectivity index is 2.03. The zero-order chi connectivity index (χ0) is 18.6. The van der Waals surface area contributed by atoms with Gasteiger partial charge in [0.05, 0.1) is 18.7 Å². The first-order valence-corrected chi connectivity index (χ1v) is 8.15. The van der Waals surface area contributed by atoms with Gasteiger partial charge < -0.3 is 19.3 Å². The van der Waals surface area contributed by atoms with Gasteiger partial charge in [-0.2, -0.15) is 0 Å². The maximum atomic E-state index is 12.5. The molecule has 4 rings (SSSR count). The summed E-state index contributed by atoms with van der Waals surface area (Å²) in [7, 11) is 4.77. The van der Waals surface area contributed by atoms with Crippen molar-refractivity contribution in [2.45, 2.75) is 12.5 Å². The lowest BCUT2D eigenvalue weighted by molar-refractivity contribution is 0.170. The molecule has 1 atom stereocenters. The molecule has 0 bridgehead atoms. The van der Waals surface area contributed by atoms with E-state index in [2.05, 4.69) is 4.98 Å². The Morgan fingerprint density at radius 1 is 1.27 bits per heavy atom. The lowest BCUT2D eigenvalue weighted by atomic mass is 9.87. The van der Waals surface area contributed by atoms with E-state index in [-0.39, 0.29) is 18.2 Å². The number of aromatic amines is 1. The molecule has 9 nitrogen and oxygen atoms in total. The minimum absolute atomic E-state index is 0.0905. The van der Waals surface area contributed by atoms with Gasteiger partial charge >= 0.3 is 5.69 Å². The molecule has 2 N–H and O–H groups in total. The Hall–Kier alpha value is -2.94. The molecule has 0 unspecified atom stereocenters.